The molecule has 0 aliphatic carbocycles. The van der Waals surface area contributed by atoms with Gasteiger partial charge >= 0.3 is 0 Å². The molecule has 0 bridgehead atoms. The predicted octanol–water partition coefficient (Wildman–Crippen LogP) is 3.54. The minimum Gasteiger partial charge on any atom is -0.365 e. The number of nitrogens with one attached hydrogen (secondary N) is 2. The first kappa shape index (κ1) is 14.5. The van der Waals surface area contributed by atoms with Gasteiger partial charge in [0.1, 0.15) is 10.8 Å². The maximum atomic E-state index is 13.6. The highest BCUT2D eigenvalue weighted by atomic mass is 35.5. The summed E-state index contributed by atoms with van der Waals surface area (Å²) >= 11 is 6.03. The lowest BCUT2D eigenvalue weighted by Crippen LogP contribution is -2.06. The maximum absolute atomic E-state index is 13.6. The Hall–Kier alpha value is -1.88. The van der Waals surface area contributed by atoms with E-state index in [1.54, 1.807) is 20.9 Å². The van der Waals surface area contributed by atoms with Crippen LogP contribution >= 0.6 is 11.6 Å². The van der Waals surface area contributed by atoms with Crippen molar-refractivity contribution in [3.8, 4) is 0 Å². The number of rotatable bonds is 4. The quantitative estimate of drug-likeness (QED) is 0.905. The van der Waals surface area contributed by atoms with E-state index in [4.69, 9.17) is 11.6 Å². The molecule has 1 heterocycles. The molecule has 0 spiro atoms. The smallest absolute Gasteiger partial charge is 0.224 e. The number of aromatic nitrogens is 2. The molecule has 6 heteroatoms. The lowest BCUT2D eigenvalue weighted by molar-refractivity contribution is 0.608. The summed E-state index contributed by atoms with van der Waals surface area (Å²) in [5.41, 5.74) is 2.24. The number of hydrogen-bond acceptors (Lipinski definition) is 4. The number of halogens is 2. The zero-order chi connectivity index (χ0) is 14.7. The fourth-order valence-corrected chi connectivity index (χ4v) is 2.09. The Labute approximate surface area is 122 Å². The predicted molar refractivity (Wildman–Crippen MR) is 79.8 cm³/mol. The van der Waals surface area contributed by atoms with Gasteiger partial charge in [-0.15, -0.1) is 0 Å². The lowest BCUT2D eigenvalue weighted by atomic mass is 10.1. The van der Waals surface area contributed by atoms with Crippen molar-refractivity contribution in [2.24, 2.45) is 0 Å². The van der Waals surface area contributed by atoms with E-state index in [0.717, 1.165) is 5.56 Å². The highest BCUT2D eigenvalue weighted by Crippen LogP contribution is 2.21. The minimum absolute atomic E-state index is 0.161. The molecule has 4 nitrogen and oxygen atoms in total. The van der Waals surface area contributed by atoms with Crippen LogP contribution in [0.2, 0.25) is 5.02 Å². The normalized spacial score (nSPS) is 10.4. The average Bonchev–Trinajstić information content (AvgIpc) is 2.43. The van der Waals surface area contributed by atoms with E-state index in [1.165, 1.54) is 6.20 Å². The fourth-order valence-electron chi connectivity index (χ4n) is 1.93. The van der Waals surface area contributed by atoms with Gasteiger partial charge in [0.15, 0.2) is 5.82 Å². The summed E-state index contributed by atoms with van der Waals surface area (Å²) in [6.45, 7) is 4.02. The third-order valence-electron chi connectivity index (χ3n) is 2.92. The molecule has 0 aliphatic rings. The molecule has 2 rings (SSSR count). The van der Waals surface area contributed by atoms with Crippen molar-refractivity contribution < 1.29 is 4.39 Å². The molecular weight excluding hydrogens is 279 g/mol. The summed E-state index contributed by atoms with van der Waals surface area (Å²) in [6.07, 6.45) is 1.53. The third-order valence-corrected chi connectivity index (χ3v) is 3.20. The molecule has 0 amide bonds. The van der Waals surface area contributed by atoms with E-state index >= 15 is 0 Å². The first-order valence-corrected chi connectivity index (χ1v) is 6.59. The van der Waals surface area contributed by atoms with Crippen molar-refractivity contribution in [3.05, 3.63) is 45.9 Å². The van der Waals surface area contributed by atoms with Crippen molar-refractivity contribution in [2.75, 3.05) is 17.7 Å². The Kier molecular flexibility index (Phi) is 4.39. The van der Waals surface area contributed by atoms with Crippen LogP contribution in [-0.2, 0) is 6.54 Å². The van der Waals surface area contributed by atoms with Gasteiger partial charge in [0.05, 0.1) is 6.20 Å². The zero-order valence-corrected chi connectivity index (χ0v) is 12.3. The van der Waals surface area contributed by atoms with E-state index < -0.39 is 0 Å². The maximum Gasteiger partial charge on any atom is 0.224 e. The molecule has 0 radical (unpaired) electrons. The van der Waals surface area contributed by atoms with Gasteiger partial charge < -0.3 is 10.6 Å². The molecule has 0 aliphatic heterocycles. The summed E-state index contributed by atoms with van der Waals surface area (Å²) in [6, 6.07) is 3.62. The second-order valence-electron chi connectivity index (χ2n) is 4.54. The van der Waals surface area contributed by atoms with Crippen LogP contribution in [-0.4, -0.2) is 17.0 Å². The Morgan fingerprint density at radius 1 is 1.25 bits per heavy atom. The van der Waals surface area contributed by atoms with E-state index in [1.807, 2.05) is 12.1 Å². The Morgan fingerprint density at radius 3 is 2.50 bits per heavy atom. The second kappa shape index (κ2) is 6.05. The number of hydrogen-bond donors (Lipinski definition) is 2. The highest BCUT2D eigenvalue weighted by Gasteiger charge is 2.07. The average molecular weight is 295 g/mol. The van der Waals surface area contributed by atoms with E-state index in [9.17, 15) is 4.39 Å². The van der Waals surface area contributed by atoms with Crippen LogP contribution < -0.4 is 10.6 Å². The van der Waals surface area contributed by atoms with E-state index in [2.05, 4.69) is 20.6 Å². The molecule has 1 aromatic heterocycles. The van der Waals surface area contributed by atoms with Crippen molar-refractivity contribution in [1.29, 1.82) is 0 Å². The van der Waals surface area contributed by atoms with Gasteiger partial charge in [0.25, 0.3) is 0 Å². The molecule has 1 aromatic carbocycles. The van der Waals surface area contributed by atoms with Crippen LogP contribution in [0.3, 0.4) is 0 Å². The first-order valence-electron chi connectivity index (χ1n) is 6.21. The van der Waals surface area contributed by atoms with Crippen LogP contribution in [0.15, 0.2) is 18.3 Å². The number of aryl methyl sites for hydroxylation is 2. The molecular formula is C14H16ClFN4. The minimum atomic E-state index is -0.161. The van der Waals surface area contributed by atoms with Crippen LogP contribution in [0.25, 0.3) is 0 Å². The summed E-state index contributed by atoms with van der Waals surface area (Å²) in [4.78, 5) is 8.24. The monoisotopic (exact) mass is 294 g/mol. The van der Waals surface area contributed by atoms with Gasteiger partial charge in [0.2, 0.25) is 5.95 Å². The molecule has 2 N–H and O–H groups in total. The summed E-state index contributed by atoms with van der Waals surface area (Å²) in [7, 11) is 1.74. The Balaban J connectivity index is 2.16. The molecule has 2 aromatic rings. The summed E-state index contributed by atoms with van der Waals surface area (Å²) in [5.74, 6) is 0.875. The van der Waals surface area contributed by atoms with Crippen LogP contribution in [0, 0.1) is 19.7 Å². The molecule has 106 valence electrons. The summed E-state index contributed by atoms with van der Waals surface area (Å²) < 4.78 is 13.6. The standard InChI is InChI=1S/C14H16ClFN4/c1-8-4-10(5-9(2)12(8)16)6-18-13-11(15)7-19-14(17-3)20-13/h4-5,7H,6H2,1-3H3,(H2,17,18,19,20). The number of benzene rings is 1. The van der Waals surface area contributed by atoms with Crippen LogP contribution in [0.5, 0.6) is 0 Å². The number of nitrogens with zero attached hydrogens (tertiary/aromatic N) is 2. The topological polar surface area (TPSA) is 49.8 Å². The van der Waals surface area contributed by atoms with Gasteiger partial charge in [-0.2, -0.15) is 4.98 Å². The van der Waals surface area contributed by atoms with Gasteiger partial charge in [-0.1, -0.05) is 23.7 Å². The first-order chi connectivity index (χ1) is 9.51. The highest BCUT2D eigenvalue weighted by molar-refractivity contribution is 6.32. The van der Waals surface area contributed by atoms with Gasteiger partial charge in [-0.3, -0.25) is 0 Å². The van der Waals surface area contributed by atoms with Crippen molar-refractivity contribution >= 4 is 23.4 Å². The molecule has 0 fully saturated rings. The molecule has 0 saturated carbocycles. The Morgan fingerprint density at radius 2 is 1.90 bits per heavy atom. The fraction of sp³-hybridized carbons (Fsp3) is 0.286. The molecule has 0 unspecified atom stereocenters. The van der Waals surface area contributed by atoms with E-state index in [-0.39, 0.29) is 5.82 Å². The lowest BCUT2D eigenvalue weighted by Gasteiger charge is -2.10. The van der Waals surface area contributed by atoms with Crippen LogP contribution in [0.1, 0.15) is 16.7 Å². The molecule has 0 saturated heterocycles. The van der Waals surface area contributed by atoms with E-state index in [0.29, 0.717) is 34.5 Å². The van der Waals surface area contributed by atoms with Gasteiger partial charge in [-0.25, -0.2) is 9.37 Å². The van der Waals surface area contributed by atoms with Crippen molar-refractivity contribution in [1.82, 2.24) is 9.97 Å². The Bertz CT molecular complexity index is 608. The van der Waals surface area contributed by atoms with Crippen molar-refractivity contribution in [2.45, 2.75) is 20.4 Å². The van der Waals surface area contributed by atoms with Crippen molar-refractivity contribution in [3.63, 3.8) is 0 Å². The van der Waals surface area contributed by atoms with Gasteiger partial charge in [0, 0.05) is 13.6 Å². The largest absolute Gasteiger partial charge is 0.365 e. The van der Waals surface area contributed by atoms with Gasteiger partial charge in [-0.05, 0) is 30.5 Å². The van der Waals surface area contributed by atoms with Crippen LogP contribution in [0.4, 0.5) is 16.2 Å². The molecule has 0 atom stereocenters. The zero-order valence-electron chi connectivity index (χ0n) is 11.6. The number of anilines is 2. The third kappa shape index (κ3) is 3.17. The second-order valence-corrected chi connectivity index (χ2v) is 4.94. The SMILES string of the molecule is CNc1ncc(Cl)c(NCc2cc(C)c(F)c(C)c2)n1. The summed E-state index contributed by atoms with van der Waals surface area (Å²) in [5, 5.41) is 6.42. The molecule has 20 heavy (non-hydrogen) atoms.